The Bertz CT molecular complexity index is 497. The Morgan fingerprint density at radius 1 is 1.50 bits per heavy atom. The van der Waals surface area contributed by atoms with Crippen LogP contribution in [-0.2, 0) is 9.05 Å². The molecule has 14 heavy (non-hydrogen) atoms. The van der Waals surface area contributed by atoms with E-state index in [1.165, 1.54) is 0 Å². The number of nitriles is 1. The quantitative estimate of drug-likeness (QED) is 0.745. The number of hydrogen-bond donors (Lipinski definition) is 1. The number of rotatable bonds is 1. The summed E-state index contributed by atoms with van der Waals surface area (Å²) in [5.74, 6) is -2.13. The van der Waals surface area contributed by atoms with Crippen molar-refractivity contribution < 1.29 is 17.9 Å². The van der Waals surface area contributed by atoms with Crippen LogP contribution in [0, 0.1) is 17.1 Å². The van der Waals surface area contributed by atoms with Crippen LogP contribution in [0.25, 0.3) is 0 Å². The number of halogens is 2. The van der Waals surface area contributed by atoms with Gasteiger partial charge in [0.05, 0.1) is 11.6 Å². The zero-order valence-corrected chi connectivity index (χ0v) is 8.10. The molecule has 0 amide bonds. The molecule has 0 aliphatic heterocycles. The summed E-state index contributed by atoms with van der Waals surface area (Å²) in [6, 6.07) is 3.04. The van der Waals surface area contributed by atoms with Gasteiger partial charge < -0.3 is 5.11 Å². The van der Waals surface area contributed by atoms with Crippen molar-refractivity contribution in [3.63, 3.8) is 0 Å². The van der Waals surface area contributed by atoms with Gasteiger partial charge in [0.15, 0.2) is 4.90 Å². The van der Waals surface area contributed by atoms with Gasteiger partial charge in [0.1, 0.15) is 11.6 Å². The van der Waals surface area contributed by atoms with Crippen molar-refractivity contribution in [2.24, 2.45) is 0 Å². The Morgan fingerprint density at radius 3 is 2.43 bits per heavy atom. The zero-order valence-electron chi connectivity index (χ0n) is 6.53. The molecule has 0 saturated heterocycles. The highest BCUT2D eigenvalue weighted by atomic mass is 35.7. The van der Waals surface area contributed by atoms with E-state index in [1.54, 1.807) is 6.07 Å². The molecule has 0 aliphatic rings. The van der Waals surface area contributed by atoms with E-state index in [9.17, 15) is 12.8 Å². The molecule has 7 heteroatoms. The summed E-state index contributed by atoms with van der Waals surface area (Å²) in [5, 5.41) is 17.5. The van der Waals surface area contributed by atoms with Gasteiger partial charge in [-0.3, -0.25) is 0 Å². The second kappa shape index (κ2) is 3.44. The van der Waals surface area contributed by atoms with E-state index >= 15 is 0 Å². The fourth-order valence-electron chi connectivity index (χ4n) is 0.885. The Balaban J connectivity index is 3.59. The highest BCUT2D eigenvalue weighted by Gasteiger charge is 2.22. The standard InChI is InChI=1S/C7H3ClFNO3S/c8-14(12,13)7-5(9)1-4(3-10)2-6(7)11/h1-2,11H. The number of nitrogens with zero attached hydrogens (tertiary/aromatic N) is 1. The van der Waals surface area contributed by atoms with Gasteiger partial charge in [-0.2, -0.15) is 5.26 Å². The first kappa shape index (κ1) is 10.8. The Labute approximate surface area is 83.6 Å². The van der Waals surface area contributed by atoms with Crippen LogP contribution in [0.3, 0.4) is 0 Å². The molecular weight excluding hydrogens is 233 g/mol. The van der Waals surface area contributed by atoms with Crippen LogP contribution in [-0.4, -0.2) is 13.5 Å². The van der Waals surface area contributed by atoms with Crippen molar-refractivity contribution in [1.29, 1.82) is 5.26 Å². The maximum absolute atomic E-state index is 13.0. The minimum Gasteiger partial charge on any atom is -0.506 e. The fourth-order valence-corrected chi connectivity index (χ4v) is 1.94. The molecule has 0 aromatic heterocycles. The molecule has 0 heterocycles. The number of aromatic hydroxyl groups is 1. The van der Waals surface area contributed by atoms with Crippen LogP contribution >= 0.6 is 10.7 Å². The number of benzene rings is 1. The Morgan fingerprint density at radius 2 is 2.07 bits per heavy atom. The lowest BCUT2D eigenvalue weighted by Gasteiger charge is -2.01. The molecule has 0 spiro atoms. The average molecular weight is 236 g/mol. The molecule has 0 bridgehead atoms. The van der Waals surface area contributed by atoms with Crippen LogP contribution < -0.4 is 0 Å². The van der Waals surface area contributed by atoms with Gasteiger partial charge in [-0.25, -0.2) is 12.8 Å². The van der Waals surface area contributed by atoms with Crippen LogP contribution in [0.4, 0.5) is 4.39 Å². The zero-order chi connectivity index (χ0) is 10.9. The molecule has 1 aromatic carbocycles. The summed E-state index contributed by atoms with van der Waals surface area (Å²) in [6.45, 7) is 0. The smallest absolute Gasteiger partial charge is 0.267 e. The summed E-state index contributed by atoms with van der Waals surface area (Å²) in [4.78, 5) is -1.02. The molecular formula is C7H3ClFNO3S. The molecule has 4 nitrogen and oxygen atoms in total. The Hall–Kier alpha value is -1.32. The fraction of sp³-hybridized carbons (Fsp3) is 0. The largest absolute Gasteiger partial charge is 0.506 e. The first-order valence-corrected chi connectivity index (χ1v) is 5.54. The normalized spacial score (nSPS) is 10.9. The van der Waals surface area contributed by atoms with Gasteiger partial charge in [-0.1, -0.05) is 0 Å². The van der Waals surface area contributed by atoms with Gasteiger partial charge in [-0.15, -0.1) is 0 Å². The van der Waals surface area contributed by atoms with E-state index in [0.29, 0.717) is 6.07 Å². The van der Waals surface area contributed by atoms with Crippen molar-refractivity contribution in [2.45, 2.75) is 4.90 Å². The average Bonchev–Trinajstić information content (AvgIpc) is 1.99. The van der Waals surface area contributed by atoms with Crippen molar-refractivity contribution >= 4 is 19.7 Å². The number of phenols is 1. The summed E-state index contributed by atoms with van der Waals surface area (Å²) in [5.41, 5.74) is -0.191. The van der Waals surface area contributed by atoms with E-state index in [4.69, 9.17) is 21.1 Å². The molecule has 0 unspecified atom stereocenters. The third-order valence-corrected chi connectivity index (χ3v) is 2.75. The predicted molar refractivity (Wildman–Crippen MR) is 45.8 cm³/mol. The first-order valence-electron chi connectivity index (χ1n) is 3.23. The molecule has 0 radical (unpaired) electrons. The summed E-state index contributed by atoms with van der Waals surface area (Å²) >= 11 is 0. The molecule has 1 aromatic rings. The number of hydrogen-bond acceptors (Lipinski definition) is 4. The molecule has 0 saturated carbocycles. The van der Waals surface area contributed by atoms with E-state index in [2.05, 4.69) is 0 Å². The van der Waals surface area contributed by atoms with Gasteiger partial charge in [-0.05, 0) is 12.1 Å². The number of phenolic OH excluding ortho intramolecular Hbond substituents is 1. The van der Waals surface area contributed by atoms with Gasteiger partial charge >= 0.3 is 0 Å². The van der Waals surface area contributed by atoms with E-state index in [1.807, 2.05) is 0 Å². The summed E-state index contributed by atoms with van der Waals surface area (Å²) in [7, 11) is 0.503. The highest BCUT2D eigenvalue weighted by molar-refractivity contribution is 8.13. The summed E-state index contributed by atoms with van der Waals surface area (Å²) in [6.07, 6.45) is 0. The second-order valence-corrected chi connectivity index (χ2v) is 4.86. The van der Waals surface area contributed by atoms with Gasteiger partial charge in [0.25, 0.3) is 9.05 Å². The van der Waals surface area contributed by atoms with E-state index in [-0.39, 0.29) is 5.56 Å². The predicted octanol–water partition coefficient (Wildman–Crippen LogP) is 1.33. The van der Waals surface area contributed by atoms with Crippen molar-refractivity contribution in [3.05, 3.63) is 23.5 Å². The molecule has 0 fully saturated rings. The Kier molecular flexibility index (Phi) is 2.64. The lowest BCUT2D eigenvalue weighted by atomic mass is 10.2. The van der Waals surface area contributed by atoms with E-state index in [0.717, 1.165) is 6.07 Å². The van der Waals surface area contributed by atoms with Crippen LogP contribution in [0.5, 0.6) is 5.75 Å². The molecule has 74 valence electrons. The van der Waals surface area contributed by atoms with Crippen molar-refractivity contribution in [1.82, 2.24) is 0 Å². The third-order valence-electron chi connectivity index (χ3n) is 1.40. The van der Waals surface area contributed by atoms with Crippen LogP contribution in [0.1, 0.15) is 5.56 Å². The summed E-state index contributed by atoms with van der Waals surface area (Å²) < 4.78 is 34.5. The molecule has 0 aliphatic carbocycles. The van der Waals surface area contributed by atoms with Gasteiger partial charge in [0, 0.05) is 10.7 Å². The molecule has 1 rings (SSSR count). The highest BCUT2D eigenvalue weighted by Crippen LogP contribution is 2.29. The van der Waals surface area contributed by atoms with Gasteiger partial charge in [0.2, 0.25) is 0 Å². The topological polar surface area (TPSA) is 78.2 Å². The SMILES string of the molecule is N#Cc1cc(O)c(S(=O)(=O)Cl)c(F)c1. The van der Waals surface area contributed by atoms with Crippen LogP contribution in [0.2, 0.25) is 0 Å². The maximum Gasteiger partial charge on any atom is 0.267 e. The van der Waals surface area contributed by atoms with E-state index < -0.39 is 25.5 Å². The lowest BCUT2D eigenvalue weighted by molar-refractivity contribution is 0.445. The maximum atomic E-state index is 13.0. The van der Waals surface area contributed by atoms with Crippen molar-refractivity contribution in [2.75, 3.05) is 0 Å². The monoisotopic (exact) mass is 235 g/mol. The minimum atomic E-state index is -4.35. The minimum absolute atomic E-state index is 0.191. The molecule has 1 N–H and O–H groups in total. The first-order chi connectivity index (χ1) is 6.36. The van der Waals surface area contributed by atoms with Crippen LogP contribution in [0.15, 0.2) is 17.0 Å². The third kappa shape index (κ3) is 1.95. The molecule has 0 atom stereocenters. The lowest BCUT2D eigenvalue weighted by Crippen LogP contribution is -1.96. The van der Waals surface area contributed by atoms with Crippen molar-refractivity contribution in [3.8, 4) is 11.8 Å². The second-order valence-electron chi connectivity index (χ2n) is 2.36.